The number of nitrogens with two attached hydrogens (primary N) is 2. The van der Waals surface area contributed by atoms with Crippen molar-refractivity contribution in [2.24, 2.45) is 16.9 Å². The lowest BCUT2D eigenvalue weighted by atomic mass is 9.81. The predicted octanol–water partition coefficient (Wildman–Crippen LogP) is -0.406. The van der Waals surface area contributed by atoms with Crippen LogP contribution in [0.1, 0.15) is 20.3 Å². The van der Waals surface area contributed by atoms with E-state index in [1.165, 1.54) is 0 Å². The fourth-order valence-corrected chi connectivity index (χ4v) is 2.36. The summed E-state index contributed by atoms with van der Waals surface area (Å²) in [4.78, 5) is 2.54. The molecular formula is C11H26N4. The highest BCUT2D eigenvalue weighted by Gasteiger charge is 2.32. The van der Waals surface area contributed by atoms with E-state index < -0.39 is 0 Å². The van der Waals surface area contributed by atoms with E-state index in [1.807, 2.05) is 0 Å². The molecule has 0 saturated carbocycles. The molecule has 1 aliphatic heterocycles. The van der Waals surface area contributed by atoms with Crippen LogP contribution in [0.15, 0.2) is 0 Å². The molecule has 90 valence electrons. The number of nitrogens with one attached hydrogen (secondary N) is 1. The predicted molar refractivity (Wildman–Crippen MR) is 64.7 cm³/mol. The van der Waals surface area contributed by atoms with Gasteiger partial charge in [-0.2, -0.15) is 0 Å². The first-order chi connectivity index (χ1) is 7.11. The van der Waals surface area contributed by atoms with Gasteiger partial charge in [0.1, 0.15) is 0 Å². The molecule has 1 saturated heterocycles. The lowest BCUT2D eigenvalue weighted by Crippen LogP contribution is -2.55. The zero-order valence-corrected chi connectivity index (χ0v) is 10.1. The van der Waals surface area contributed by atoms with Crippen LogP contribution in [-0.4, -0.2) is 50.2 Å². The van der Waals surface area contributed by atoms with Gasteiger partial charge < -0.3 is 16.8 Å². The lowest BCUT2D eigenvalue weighted by molar-refractivity contribution is 0.0753. The van der Waals surface area contributed by atoms with Crippen LogP contribution in [-0.2, 0) is 0 Å². The molecule has 1 atom stereocenters. The zero-order chi connectivity index (χ0) is 11.3. The summed E-state index contributed by atoms with van der Waals surface area (Å²) >= 11 is 0. The number of rotatable bonds is 5. The van der Waals surface area contributed by atoms with Gasteiger partial charge in [0.2, 0.25) is 0 Å². The molecule has 0 aromatic rings. The average Bonchev–Trinajstić information content (AvgIpc) is 2.27. The van der Waals surface area contributed by atoms with Crippen LogP contribution in [0.2, 0.25) is 0 Å². The van der Waals surface area contributed by atoms with Gasteiger partial charge in [-0.15, -0.1) is 0 Å². The summed E-state index contributed by atoms with van der Waals surface area (Å²) in [5, 5.41) is 3.38. The van der Waals surface area contributed by atoms with Crippen molar-refractivity contribution in [2.45, 2.75) is 26.3 Å². The van der Waals surface area contributed by atoms with E-state index in [9.17, 15) is 0 Å². The largest absolute Gasteiger partial charge is 0.330 e. The Hall–Kier alpha value is -0.160. The Morgan fingerprint density at radius 2 is 1.87 bits per heavy atom. The highest BCUT2D eigenvalue weighted by atomic mass is 15.2. The van der Waals surface area contributed by atoms with Crippen molar-refractivity contribution in [3.05, 3.63) is 0 Å². The molecule has 1 rings (SSSR count). The normalized spacial score (nSPS) is 21.6. The van der Waals surface area contributed by atoms with Crippen molar-refractivity contribution in [1.29, 1.82) is 0 Å². The molecule has 0 aliphatic carbocycles. The minimum Gasteiger partial charge on any atom is -0.330 e. The summed E-state index contributed by atoms with van der Waals surface area (Å²) in [5.74, 6) is 0. The van der Waals surface area contributed by atoms with Crippen molar-refractivity contribution in [3.8, 4) is 0 Å². The van der Waals surface area contributed by atoms with Gasteiger partial charge in [-0.1, -0.05) is 13.8 Å². The molecule has 15 heavy (non-hydrogen) atoms. The number of hydrogen-bond donors (Lipinski definition) is 3. The van der Waals surface area contributed by atoms with Gasteiger partial charge in [-0.3, -0.25) is 4.90 Å². The second-order valence-corrected chi connectivity index (χ2v) is 5.07. The Labute approximate surface area is 93.4 Å². The molecule has 0 radical (unpaired) electrons. The van der Waals surface area contributed by atoms with Crippen LogP contribution in [0.5, 0.6) is 0 Å². The molecule has 0 amide bonds. The summed E-state index contributed by atoms with van der Waals surface area (Å²) in [6.45, 7) is 10.4. The first kappa shape index (κ1) is 12.9. The van der Waals surface area contributed by atoms with Crippen molar-refractivity contribution in [2.75, 3.05) is 39.3 Å². The zero-order valence-electron chi connectivity index (χ0n) is 10.1. The van der Waals surface area contributed by atoms with Crippen molar-refractivity contribution >= 4 is 0 Å². The molecule has 0 aromatic heterocycles. The van der Waals surface area contributed by atoms with Crippen LogP contribution in [0.3, 0.4) is 0 Å². The Kier molecular flexibility index (Phi) is 4.99. The Morgan fingerprint density at radius 3 is 2.33 bits per heavy atom. The molecule has 5 N–H and O–H groups in total. The van der Waals surface area contributed by atoms with Gasteiger partial charge >= 0.3 is 0 Å². The average molecular weight is 214 g/mol. The topological polar surface area (TPSA) is 67.3 Å². The Morgan fingerprint density at radius 1 is 1.27 bits per heavy atom. The summed E-state index contributed by atoms with van der Waals surface area (Å²) < 4.78 is 0. The van der Waals surface area contributed by atoms with Gasteiger partial charge in [0.25, 0.3) is 0 Å². The summed E-state index contributed by atoms with van der Waals surface area (Å²) in [7, 11) is 0. The first-order valence-corrected chi connectivity index (χ1v) is 5.96. The van der Waals surface area contributed by atoms with Crippen molar-refractivity contribution in [3.63, 3.8) is 0 Å². The minimum absolute atomic E-state index is 0.163. The molecule has 1 unspecified atom stereocenters. The van der Waals surface area contributed by atoms with E-state index >= 15 is 0 Å². The molecular weight excluding hydrogens is 188 g/mol. The third-order valence-corrected chi connectivity index (χ3v) is 3.46. The standard InChI is InChI=1S/C11H26N4/c1-11(2,9-13)10(3-4-12)15-7-5-14-6-8-15/h10,14H,3-9,12-13H2,1-2H3. The van der Waals surface area contributed by atoms with E-state index in [2.05, 4.69) is 24.1 Å². The second kappa shape index (κ2) is 5.80. The van der Waals surface area contributed by atoms with Crippen LogP contribution in [0, 0.1) is 5.41 Å². The van der Waals surface area contributed by atoms with Gasteiger partial charge in [-0.25, -0.2) is 0 Å². The van der Waals surface area contributed by atoms with Gasteiger partial charge in [0.05, 0.1) is 0 Å². The molecule has 0 aromatic carbocycles. The molecule has 1 heterocycles. The van der Waals surface area contributed by atoms with Crippen LogP contribution >= 0.6 is 0 Å². The maximum Gasteiger partial charge on any atom is 0.0171 e. The fraction of sp³-hybridized carbons (Fsp3) is 1.00. The van der Waals surface area contributed by atoms with Crippen LogP contribution in [0.25, 0.3) is 0 Å². The van der Waals surface area contributed by atoms with E-state index in [-0.39, 0.29) is 5.41 Å². The highest BCUT2D eigenvalue weighted by molar-refractivity contribution is 4.89. The summed E-state index contributed by atoms with van der Waals surface area (Å²) in [6.07, 6.45) is 1.05. The van der Waals surface area contributed by atoms with Gasteiger partial charge in [-0.05, 0) is 24.9 Å². The number of piperazine rings is 1. The molecule has 0 spiro atoms. The van der Waals surface area contributed by atoms with E-state index in [0.29, 0.717) is 6.04 Å². The SMILES string of the molecule is CC(C)(CN)C(CCN)N1CCNCC1. The Balaban J connectivity index is 2.62. The van der Waals surface area contributed by atoms with Crippen LogP contribution < -0.4 is 16.8 Å². The van der Waals surface area contributed by atoms with E-state index in [4.69, 9.17) is 11.5 Å². The number of hydrogen-bond acceptors (Lipinski definition) is 4. The molecule has 0 bridgehead atoms. The smallest absolute Gasteiger partial charge is 0.0171 e. The lowest BCUT2D eigenvalue weighted by Gasteiger charge is -2.43. The Bertz CT molecular complexity index is 175. The molecule has 1 aliphatic rings. The number of nitrogens with zero attached hydrogens (tertiary/aromatic N) is 1. The third-order valence-electron chi connectivity index (χ3n) is 3.46. The third kappa shape index (κ3) is 3.41. The fourth-order valence-electron chi connectivity index (χ4n) is 2.36. The molecule has 4 nitrogen and oxygen atoms in total. The van der Waals surface area contributed by atoms with Gasteiger partial charge in [0, 0.05) is 32.2 Å². The van der Waals surface area contributed by atoms with Crippen LogP contribution in [0.4, 0.5) is 0 Å². The molecule has 4 heteroatoms. The maximum atomic E-state index is 5.86. The van der Waals surface area contributed by atoms with E-state index in [0.717, 1.165) is 45.7 Å². The maximum absolute atomic E-state index is 5.86. The minimum atomic E-state index is 0.163. The van der Waals surface area contributed by atoms with Crippen molar-refractivity contribution in [1.82, 2.24) is 10.2 Å². The monoisotopic (exact) mass is 214 g/mol. The van der Waals surface area contributed by atoms with Gasteiger partial charge in [0.15, 0.2) is 0 Å². The summed E-state index contributed by atoms with van der Waals surface area (Å²) in [6, 6.07) is 0.523. The van der Waals surface area contributed by atoms with E-state index in [1.54, 1.807) is 0 Å². The summed E-state index contributed by atoms with van der Waals surface area (Å²) in [5.41, 5.74) is 11.7. The first-order valence-electron chi connectivity index (χ1n) is 5.96. The highest BCUT2D eigenvalue weighted by Crippen LogP contribution is 2.26. The second-order valence-electron chi connectivity index (χ2n) is 5.07. The molecule has 1 fully saturated rings. The quantitative estimate of drug-likeness (QED) is 0.582. The van der Waals surface area contributed by atoms with Crippen molar-refractivity contribution < 1.29 is 0 Å².